The second-order valence-electron chi connectivity index (χ2n) is 5.71. The number of halogens is 1. The molecule has 0 saturated heterocycles. The van der Waals surface area contributed by atoms with Crippen LogP contribution in [0.2, 0.25) is 0 Å². The third-order valence-corrected chi connectivity index (χ3v) is 3.70. The van der Waals surface area contributed by atoms with Crippen LogP contribution in [0.4, 0.5) is 11.4 Å². The van der Waals surface area contributed by atoms with Crippen molar-refractivity contribution in [3.05, 3.63) is 59.2 Å². The maximum absolute atomic E-state index is 12.2. The van der Waals surface area contributed by atoms with Gasteiger partial charge in [-0.05, 0) is 55.8 Å². The van der Waals surface area contributed by atoms with Gasteiger partial charge in [-0.3, -0.25) is 9.69 Å². The van der Waals surface area contributed by atoms with E-state index in [0.29, 0.717) is 13.1 Å². The predicted octanol–water partition coefficient (Wildman–Crippen LogP) is 3.38. The molecule has 2 rings (SSSR count). The molecule has 0 spiro atoms. The highest BCUT2D eigenvalue weighted by Crippen LogP contribution is 2.18. The summed E-state index contributed by atoms with van der Waals surface area (Å²) in [6.45, 7) is 5.08. The van der Waals surface area contributed by atoms with Crippen LogP contribution in [-0.4, -0.2) is 24.4 Å². The van der Waals surface area contributed by atoms with E-state index in [2.05, 4.69) is 5.32 Å². The van der Waals surface area contributed by atoms with Gasteiger partial charge in [-0.15, -0.1) is 12.4 Å². The largest absolute Gasteiger partial charge is 0.399 e. The lowest BCUT2D eigenvalue weighted by atomic mass is 10.1. The molecule has 0 saturated carbocycles. The molecule has 0 atom stereocenters. The van der Waals surface area contributed by atoms with Gasteiger partial charge >= 0.3 is 0 Å². The highest BCUT2D eigenvalue weighted by Gasteiger charge is 2.09. The van der Waals surface area contributed by atoms with E-state index in [4.69, 9.17) is 5.73 Å². The normalized spacial score (nSPS) is 10.3. The van der Waals surface area contributed by atoms with Gasteiger partial charge in [-0.2, -0.15) is 0 Å². The van der Waals surface area contributed by atoms with E-state index in [-0.39, 0.29) is 18.3 Å². The molecule has 0 aliphatic carbocycles. The molecule has 0 unspecified atom stereocenters. The smallest absolute Gasteiger partial charge is 0.238 e. The Morgan fingerprint density at radius 3 is 2.57 bits per heavy atom. The zero-order chi connectivity index (χ0) is 16.1. The van der Waals surface area contributed by atoms with Crippen LogP contribution >= 0.6 is 12.4 Å². The maximum atomic E-state index is 12.2. The van der Waals surface area contributed by atoms with Crippen LogP contribution < -0.4 is 11.1 Å². The summed E-state index contributed by atoms with van der Waals surface area (Å²) in [4.78, 5) is 14.1. The van der Waals surface area contributed by atoms with Gasteiger partial charge in [-0.1, -0.05) is 24.3 Å². The Morgan fingerprint density at radius 1 is 1.17 bits per heavy atom. The number of carbonyl (C=O) groups excluding carboxylic acids is 1. The molecule has 0 heterocycles. The van der Waals surface area contributed by atoms with Gasteiger partial charge in [0.25, 0.3) is 0 Å². The van der Waals surface area contributed by atoms with E-state index in [1.165, 1.54) is 5.56 Å². The molecular weight excluding hydrogens is 310 g/mol. The first-order valence-corrected chi connectivity index (χ1v) is 7.34. The number of hydrogen-bond acceptors (Lipinski definition) is 3. The number of nitrogen functional groups attached to an aromatic ring is 1. The molecule has 23 heavy (non-hydrogen) atoms. The zero-order valence-electron chi connectivity index (χ0n) is 13.8. The number of rotatable bonds is 5. The Bertz CT molecular complexity index is 673. The fraction of sp³-hybridized carbons (Fsp3) is 0.278. The lowest BCUT2D eigenvalue weighted by Crippen LogP contribution is -2.30. The van der Waals surface area contributed by atoms with Crippen LogP contribution in [0.5, 0.6) is 0 Å². The molecule has 1 amide bonds. The maximum Gasteiger partial charge on any atom is 0.238 e. The van der Waals surface area contributed by atoms with E-state index >= 15 is 0 Å². The van der Waals surface area contributed by atoms with Gasteiger partial charge in [0.2, 0.25) is 5.91 Å². The Hall–Kier alpha value is -2.04. The van der Waals surface area contributed by atoms with Gasteiger partial charge in [0.1, 0.15) is 0 Å². The third kappa shape index (κ3) is 5.58. The van der Waals surface area contributed by atoms with E-state index < -0.39 is 0 Å². The standard InChI is InChI=1S/C18H23N3O.ClH/c1-13-6-4-9-17(14(13)2)20-18(22)12-21(3)11-15-7-5-8-16(19)10-15;/h4-10H,11-12,19H2,1-3H3,(H,20,22);1H. The number of anilines is 2. The summed E-state index contributed by atoms with van der Waals surface area (Å²) in [6, 6.07) is 13.6. The monoisotopic (exact) mass is 333 g/mol. The first-order valence-electron chi connectivity index (χ1n) is 7.34. The van der Waals surface area contributed by atoms with Crippen molar-refractivity contribution in [1.29, 1.82) is 0 Å². The molecule has 2 aromatic carbocycles. The number of likely N-dealkylation sites (N-methyl/N-ethyl adjacent to an activating group) is 1. The molecule has 4 nitrogen and oxygen atoms in total. The Balaban J connectivity index is 0.00000264. The average Bonchev–Trinajstić information content (AvgIpc) is 2.43. The molecule has 124 valence electrons. The summed E-state index contributed by atoms with van der Waals surface area (Å²) in [5.74, 6) is -0.0138. The average molecular weight is 334 g/mol. The summed E-state index contributed by atoms with van der Waals surface area (Å²) >= 11 is 0. The number of nitrogens with two attached hydrogens (primary N) is 1. The first-order chi connectivity index (χ1) is 10.5. The lowest BCUT2D eigenvalue weighted by molar-refractivity contribution is -0.117. The number of benzene rings is 2. The number of nitrogens with one attached hydrogen (secondary N) is 1. The minimum atomic E-state index is -0.0138. The number of carbonyl (C=O) groups is 1. The summed E-state index contributed by atoms with van der Waals surface area (Å²) in [5.41, 5.74) is 10.8. The topological polar surface area (TPSA) is 58.4 Å². The Labute approximate surface area is 144 Å². The molecule has 0 bridgehead atoms. The van der Waals surface area contributed by atoms with Gasteiger partial charge in [0.15, 0.2) is 0 Å². The number of aryl methyl sites for hydroxylation is 1. The third-order valence-electron chi connectivity index (χ3n) is 3.70. The van der Waals surface area contributed by atoms with E-state index in [9.17, 15) is 4.79 Å². The SMILES string of the molecule is Cc1cccc(NC(=O)CN(C)Cc2cccc(N)c2)c1C.Cl. The van der Waals surface area contributed by atoms with Crippen LogP contribution in [0.3, 0.4) is 0 Å². The van der Waals surface area contributed by atoms with Crippen LogP contribution in [0.25, 0.3) is 0 Å². The van der Waals surface area contributed by atoms with Crippen LogP contribution in [0, 0.1) is 13.8 Å². The summed E-state index contributed by atoms with van der Waals surface area (Å²) in [5, 5.41) is 2.97. The van der Waals surface area contributed by atoms with Gasteiger partial charge < -0.3 is 11.1 Å². The van der Waals surface area contributed by atoms with Gasteiger partial charge in [0.05, 0.1) is 6.54 Å². The van der Waals surface area contributed by atoms with Crippen molar-refractivity contribution in [3.8, 4) is 0 Å². The highest BCUT2D eigenvalue weighted by atomic mass is 35.5. The van der Waals surface area contributed by atoms with E-state index in [1.54, 1.807) is 0 Å². The summed E-state index contributed by atoms with van der Waals surface area (Å²) in [7, 11) is 1.92. The number of hydrogen-bond donors (Lipinski definition) is 2. The molecule has 2 aromatic rings. The quantitative estimate of drug-likeness (QED) is 0.825. The minimum absolute atomic E-state index is 0. The predicted molar refractivity (Wildman–Crippen MR) is 99.0 cm³/mol. The molecular formula is C18H24ClN3O. The fourth-order valence-electron chi connectivity index (χ4n) is 2.38. The number of nitrogens with zero attached hydrogens (tertiary/aromatic N) is 1. The van der Waals surface area contributed by atoms with E-state index in [0.717, 1.165) is 22.5 Å². The molecule has 0 fully saturated rings. The van der Waals surface area contributed by atoms with Crippen molar-refractivity contribution in [2.45, 2.75) is 20.4 Å². The van der Waals surface area contributed by atoms with Crippen molar-refractivity contribution in [2.75, 3.05) is 24.6 Å². The molecule has 0 aliphatic heterocycles. The van der Waals surface area contributed by atoms with Gasteiger partial charge in [-0.25, -0.2) is 0 Å². The van der Waals surface area contributed by atoms with Crippen molar-refractivity contribution < 1.29 is 4.79 Å². The highest BCUT2D eigenvalue weighted by molar-refractivity contribution is 5.93. The zero-order valence-corrected chi connectivity index (χ0v) is 14.6. The molecule has 5 heteroatoms. The van der Waals surface area contributed by atoms with Crippen LogP contribution in [0.1, 0.15) is 16.7 Å². The van der Waals surface area contributed by atoms with Crippen molar-refractivity contribution in [3.63, 3.8) is 0 Å². The lowest BCUT2D eigenvalue weighted by Gasteiger charge is -2.17. The van der Waals surface area contributed by atoms with Crippen LogP contribution in [-0.2, 0) is 11.3 Å². The molecule has 3 N–H and O–H groups in total. The Kier molecular flexibility index (Phi) is 7.07. The summed E-state index contributed by atoms with van der Waals surface area (Å²) in [6.07, 6.45) is 0. The molecule has 0 aliphatic rings. The van der Waals surface area contributed by atoms with Gasteiger partial charge in [0, 0.05) is 17.9 Å². The molecule has 0 radical (unpaired) electrons. The van der Waals surface area contributed by atoms with Crippen molar-refractivity contribution >= 4 is 29.7 Å². The summed E-state index contributed by atoms with van der Waals surface area (Å²) < 4.78 is 0. The minimum Gasteiger partial charge on any atom is -0.399 e. The second-order valence-corrected chi connectivity index (χ2v) is 5.71. The number of amides is 1. The Morgan fingerprint density at radius 2 is 1.87 bits per heavy atom. The van der Waals surface area contributed by atoms with Crippen molar-refractivity contribution in [2.24, 2.45) is 0 Å². The second kappa shape index (κ2) is 8.56. The molecule has 0 aromatic heterocycles. The fourth-order valence-corrected chi connectivity index (χ4v) is 2.38. The van der Waals surface area contributed by atoms with Crippen LogP contribution in [0.15, 0.2) is 42.5 Å². The first kappa shape index (κ1) is 19.0. The van der Waals surface area contributed by atoms with Crippen molar-refractivity contribution in [1.82, 2.24) is 4.90 Å². The van der Waals surface area contributed by atoms with E-state index in [1.807, 2.05) is 68.3 Å².